The molecule has 4 nitrogen and oxygen atoms in total. The number of nitrogens with one attached hydrogen (secondary N) is 1. The Morgan fingerprint density at radius 3 is 2.37 bits per heavy atom. The molecule has 0 aliphatic rings. The van der Waals surface area contributed by atoms with Crippen molar-refractivity contribution in [2.24, 2.45) is 0 Å². The van der Waals surface area contributed by atoms with Gasteiger partial charge in [-0.25, -0.2) is 9.36 Å². The fourth-order valence-electron chi connectivity index (χ4n) is 1.52. The summed E-state index contributed by atoms with van der Waals surface area (Å²) in [7, 11) is 0. The van der Waals surface area contributed by atoms with Gasteiger partial charge in [-0.15, -0.1) is 12.6 Å². The first-order valence-electron chi connectivity index (χ1n) is 5.02. The highest BCUT2D eigenvalue weighted by atomic mass is 32.1. The number of hydrogen-bond donors (Lipinski definition) is 2. The van der Waals surface area contributed by atoms with Crippen molar-refractivity contribution in [2.75, 3.05) is 0 Å². The summed E-state index contributed by atoms with van der Waals surface area (Å²) < 4.78 is 37.9. The van der Waals surface area contributed by atoms with Crippen molar-refractivity contribution in [2.45, 2.75) is 11.1 Å². The number of benzene rings is 1. The van der Waals surface area contributed by atoms with E-state index >= 15 is 0 Å². The van der Waals surface area contributed by atoms with Crippen LogP contribution in [0.1, 0.15) is 5.69 Å². The number of rotatable bonds is 1. The van der Waals surface area contributed by atoms with Crippen molar-refractivity contribution >= 4 is 12.6 Å². The molecule has 1 aromatic heterocycles. The number of aromatic amines is 1. The first-order chi connectivity index (χ1) is 8.79. The highest BCUT2D eigenvalue weighted by Gasteiger charge is 2.33. The molecular weight excluding hydrogens is 281 g/mol. The Morgan fingerprint density at radius 2 is 1.84 bits per heavy atom. The van der Waals surface area contributed by atoms with E-state index in [2.05, 4.69) is 12.6 Å². The van der Waals surface area contributed by atoms with Gasteiger partial charge < -0.3 is 4.98 Å². The van der Waals surface area contributed by atoms with Gasteiger partial charge in [0.2, 0.25) is 0 Å². The molecule has 0 aliphatic carbocycles. The zero-order valence-corrected chi connectivity index (χ0v) is 10.1. The number of halogens is 3. The van der Waals surface area contributed by atoms with Crippen LogP contribution in [0.4, 0.5) is 13.2 Å². The second-order valence-electron chi connectivity index (χ2n) is 3.68. The summed E-state index contributed by atoms with van der Waals surface area (Å²) in [5.74, 6) is 0. The monoisotopic (exact) mass is 288 g/mol. The average molecular weight is 288 g/mol. The van der Waals surface area contributed by atoms with E-state index in [0.29, 0.717) is 15.5 Å². The molecule has 0 unspecified atom stereocenters. The van der Waals surface area contributed by atoms with Crippen LogP contribution in [0.25, 0.3) is 5.69 Å². The van der Waals surface area contributed by atoms with Gasteiger partial charge in [-0.3, -0.25) is 4.79 Å². The molecule has 0 saturated heterocycles. The first kappa shape index (κ1) is 13.5. The number of H-pyrrole nitrogens is 1. The van der Waals surface area contributed by atoms with E-state index in [9.17, 15) is 22.8 Å². The van der Waals surface area contributed by atoms with Crippen LogP contribution in [0.2, 0.25) is 0 Å². The fourth-order valence-corrected chi connectivity index (χ4v) is 1.74. The largest absolute Gasteiger partial charge is 0.431 e. The quantitative estimate of drug-likeness (QED) is 0.787. The Kier molecular flexibility index (Phi) is 3.27. The van der Waals surface area contributed by atoms with Gasteiger partial charge in [-0.05, 0) is 18.2 Å². The molecule has 8 heteroatoms. The Hall–Kier alpha value is -1.96. The fraction of sp³-hybridized carbons (Fsp3) is 0.0909. The second-order valence-corrected chi connectivity index (χ2v) is 4.20. The summed E-state index contributed by atoms with van der Waals surface area (Å²) in [6, 6.07) is 6.29. The van der Waals surface area contributed by atoms with Crippen molar-refractivity contribution in [1.82, 2.24) is 9.55 Å². The summed E-state index contributed by atoms with van der Waals surface area (Å²) in [6.45, 7) is 0. The van der Waals surface area contributed by atoms with Gasteiger partial charge in [0.25, 0.3) is 5.56 Å². The highest BCUT2D eigenvalue weighted by molar-refractivity contribution is 7.80. The van der Waals surface area contributed by atoms with Crippen LogP contribution in [-0.2, 0) is 6.18 Å². The molecular formula is C11H7F3N2O2S. The van der Waals surface area contributed by atoms with Crippen LogP contribution in [0.5, 0.6) is 0 Å². The minimum atomic E-state index is -4.77. The zero-order chi connectivity index (χ0) is 14.2. The van der Waals surface area contributed by atoms with E-state index in [-0.39, 0.29) is 5.69 Å². The molecule has 0 fully saturated rings. The maximum atomic E-state index is 12.4. The maximum Gasteiger partial charge on any atom is 0.431 e. The van der Waals surface area contributed by atoms with Crippen LogP contribution < -0.4 is 11.2 Å². The standard InChI is InChI=1S/C11H7F3N2O2S/c12-11(13,14)8-5-9(17)16(10(18)15-8)6-2-1-3-7(19)4-6/h1-5,19H,(H,15,18). The lowest BCUT2D eigenvalue weighted by molar-refractivity contribution is -0.141. The number of aromatic nitrogens is 2. The molecule has 2 aromatic rings. The molecule has 0 spiro atoms. The third-order valence-corrected chi connectivity index (χ3v) is 2.60. The maximum absolute atomic E-state index is 12.4. The normalized spacial score (nSPS) is 11.6. The van der Waals surface area contributed by atoms with Crippen LogP contribution in [0.15, 0.2) is 44.8 Å². The van der Waals surface area contributed by atoms with Crippen LogP contribution in [0.3, 0.4) is 0 Å². The number of nitrogens with zero attached hydrogens (tertiary/aromatic N) is 1. The summed E-state index contributed by atoms with van der Waals surface area (Å²) in [5.41, 5.74) is -3.44. The van der Waals surface area contributed by atoms with Crippen LogP contribution >= 0.6 is 12.6 Å². The third-order valence-electron chi connectivity index (χ3n) is 2.33. The van der Waals surface area contributed by atoms with Crippen LogP contribution in [-0.4, -0.2) is 9.55 Å². The van der Waals surface area contributed by atoms with Gasteiger partial charge in [-0.1, -0.05) is 6.07 Å². The third kappa shape index (κ3) is 2.73. The molecule has 0 atom stereocenters. The Balaban J connectivity index is 2.68. The van der Waals surface area contributed by atoms with E-state index in [0.717, 1.165) is 0 Å². The van der Waals surface area contributed by atoms with Crippen molar-refractivity contribution in [3.8, 4) is 5.69 Å². The molecule has 1 N–H and O–H groups in total. The smallest absolute Gasteiger partial charge is 0.303 e. The highest BCUT2D eigenvalue weighted by Crippen LogP contribution is 2.25. The summed E-state index contributed by atoms with van der Waals surface area (Å²) in [5, 5.41) is 0. The molecule has 1 aromatic carbocycles. The van der Waals surface area contributed by atoms with Crippen molar-refractivity contribution in [3.05, 3.63) is 56.9 Å². The molecule has 0 bridgehead atoms. The van der Waals surface area contributed by atoms with Gasteiger partial charge in [0.05, 0.1) is 5.69 Å². The lowest BCUT2D eigenvalue weighted by Gasteiger charge is -2.09. The van der Waals surface area contributed by atoms with Gasteiger partial charge in [-0.2, -0.15) is 13.2 Å². The lowest BCUT2D eigenvalue weighted by Crippen LogP contribution is -2.35. The predicted octanol–water partition coefficient (Wildman–Crippen LogP) is 1.83. The molecule has 0 aliphatic heterocycles. The number of alkyl halides is 3. The van der Waals surface area contributed by atoms with Gasteiger partial charge in [0.15, 0.2) is 0 Å². The number of hydrogen-bond acceptors (Lipinski definition) is 3. The molecule has 19 heavy (non-hydrogen) atoms. The molecule has 100 valence electrons. The molecule has 0 saturated carbocycles. The average Bonchev–Trinajstić information content (AvgIpc) is 2.26. The van der Waals surface area contributed by atoms with E-state index in [1.807, 2.05) is 0 Å². The van der Waals surface area contributed by atoms with E-state index in [1.54, 1.807) is 11.1 Å². The molecule has 1 heterocycles. The Morgan fingerprint density at radius 1 is 1.16 bits per heavy atom. The summed E-state index contributed by atoms with van der Waals surface area (Å²) >= 11 is 4.03. The topological polar surface area (TPSA) is 54.9 Å². The molecule has 2 rings (SSSR count). The van der Waals surface area contributed by atoms with E-state index < -0.39 is 23.1 Å². The lowest BCUT2D eigenvalue weighted by atomic mass is 10.3. The van der Waals surface area contributed by atoms with Gasteiger partial charge in [0.1, 0.15) is 5.69 Å². The van der Waals surface area contributed by atoms with Crippen molar-refractivity contribution in [3.63, 3.8) is 0 Å². The zero-order valence-electron chi connectivity index (χ0n) is 9.23. The van der Waals surface area contributed by atoms with Crippen LogP contribution in [0, 0.1) is 0 Å². The Labute approximate surface area is 109 Å². The van der Waals surface area contributed by atoms with E-state index in [4.69, 9.17) is 0 Å². The SMILES string of the molecule is O=c1cc(C(F)(F)F)[nH]c(=O)n1-c1cccc(S)c1. The predicted molar refractivity (Wildman–Crippen MR) is 64.9 cm³/mol. The van der Waals surface area contributed by atoms with Gasteiger partial charge in [0, 0.05) is 11.0 Å². The Bertz CT molecular complexity index is 702. The first-order valence-corrected chi connectivity index (χ1v) is 5.47. The minimum Gasteiger partial charge on any atom is -0.303 e. The molecule has 0 amide bonds. The minimum absolute atomic E-state index is 0.146. The molecule has 0 radical (unpaired) electrons. The van der Waals surface area contributed by atoms with Crippen molar-refractivity contribution < 1.29 is 13.2 Å². The summed E-state index contributed by atoms with van der Waals surface area (Å²) in [6.07, 6.45) is -4.77. The number of thiol groups is 1. The van der Waals surface area contributed by atoms with E-state index in [1.165, 1.54) is 18.2 Å². The van der Waals surface area contributed by atoms with Gasteiger partial charge >= 0.3 is 11.9 Å². The van der Waals surface area contributed by atoms with Crippen molar-refractivity contribution in [1.29, 1.82) is 0 Å². The second kappa shape index (κ2) is 4.61. The summed E-state index contributed by atoms with van der Waals surface area (Å²) in [4.78, 5) is 25.3.